The predicted molar refractivity (Wildman–Crippen MR) is 140 cm³/mol. The van der Waals surface area contributed by atoms with Gasteiger partial charge in [-0.1, -0.05) is 32.4 Å². The van der Waals surface area contributed by atoms with E-state index in [-0.39, 0.29) is 12.1 Å². The van der Waals surface area contributed by atoms with Gasteiger partial charge in [-0.3, -0.25) is 0 Å². The van der Waals surface area contributed by atoms with Crippen molar-refractivity contribution in [1.29, 1.82) is 0 Å². The van der Waals surface area contributed by atoms with E-state index >= 15 is 0 Å². The summed E-state index contributed by atoms with van der Waals surface area (Å²) in [6.07, 6.45) is 3.76. The number of rotatable bonds is 11. The number of hydrogen-bond acceptors (Lipinski definition) is 6. The van der Waals surface area contributed by atoms with Crippen LogP contribution in [0, 0.1) is 0 Å². The van der Waals surface area contributed by atoms with Crippen LogP contribution >= 0.6 is 0 Å². The molecule has 0 aliphatic heterocycles. The summed E-state index contributed by atoms with van der Waals surface area (Å²) in [7, 11) is 1.86. The molecule has 4 aromatic rings. The van der Waals surface area contributed by atoms with Crippen molar-refractivity contribution in [1.82, 2.24) is 10.6 Å². The summed E-state index contributed by atoms with van der Waals surface area (Å²) in [5.74, 6) is 0.787. The van der Waals surface area contributed by atoms with E-state index in [1.54, 1.807) is 6.26 Å². The fourth-order valence-corrected chi connectivity index (χ4v) is 5.10. The third-order valence-electron chi connectivity index (χ3n) is 7.64. The highest BCUT2D eigenvalue weighted by molar-refractivity contribution is 5.79. The quantitative estimate of drug-likeness (QED) is 0.226. The van der Waals surface area contributed by atoms with Gasteiger partial charge in [0.2, 0.25) is 0 Å². The first-order chi connectivity index (χ1) is 16.7. The van der Waals surface area contributed by atoms with E-state index in [2.05, 4.69) is 17.6 Å². The van der Waals surface area contributed by atoms with Crippen LogP contribution in [0.2, 0.25) is 0 Å². The zero-order chi connectivity index (χ0) is 25.2. The number of benzene rings is 2. The first-order valence-corrected chi connectivity index (χ1v) is 12.6. The lowest BCUT2D eigenvalue weighted by Gasteiger charge is -2.35. The zero-order valence-electron chi connectivity index (χ0n) is 21.4. The van der Waals surface area contributed by atoms with E-state index < -0.39 is 11.2 Å². The van der Waals surface area contributed by atoms with Crippen LogP contribution in [0.1, 0.15) is 63.8 Å². The summed E-state index contributed by atoms with van der Waals surface area (Å²) in [5.41, 5.74) is 1.35. The van der Waals surface area contributed by atoms with Gasteiger partial charge < -0.3 is 29.7 Å². The minimum absolute atomic E-state index is 0.0867. The predicted octanol–water partition coefficient (Wildman–Crippen LogP) is 5.55. The molecule has 0 amide bonds. The van der Waals surface area contributed by atoms with E-state index in [9.17, 15) is 10.2 Å². The lowest BCUT2D eigenvalue weighted by Crippen LogP contribution is -2.46. The molecule has 0 fully saturated rings. The molecule has 0 saturated carbocycles. The van der Waals surface area contributed by atoms with Gasteiger partial charge in [-0.2, -0.15) is 0 Å². The molecule has 4 atom stereocenters. The molecule has 0 aliphatic carbocycles. The summed E-state index contributed by atoms with van der Waals surface area (Å²) in [5, 5.41) is 31.6. The minimum atomic E-state index is -1.03. The lowest BCUT2D eigenvalue weighted by atomic mass is 9.83. The van der Waals surface area contributed by atoms with Crippen molar-refractivity contribution in [2.45, 2.75) is 76.8 Å². The number of furan rings is 2. The highest BCUT2D eigenvalue weighted by Gasteiger charge is 2.35. The Hall–Kier alpha value is -2.64. The molecule has 35 heavy (non-hydrogen) atoms. The molecule has 4 rings (SSSR count). The van der Waals surface area contributed by atoms with Gasteiger partial charge in [0.05, 0.1) is 12.8 Å². The molecule has 4 N–H and O–H groups in total. The van der Waals surface area contributed by atoms with Gasteiger partial charge in [-0.25, -0.2) is 0 Å². The van der Waals surface area contributed by atoms with Crippen LogP contribution in [-0.2, 0) is 17.7 Å². The van der Waals surface area contributed by atoms with Crippen molar-refractivity contribution in [3.8, 4) is 0 Å². The average Bonchev–Trinajstić information content (AvgIpc) is 3.51. The molecule has 0 saturated heterocycles. The number of fused-ring (bicyclic) bond motifs is 2. The van der Waals surface area contributed by atoms with Crippen molar-refractivity contribution < 1.29 is 19.0 Å². The first kappa shape index (κ1) is 25.5. The maximum Gasteiger partial charge on any atom is 0.134 e. The van der Waals surface area contributed by atoms with Gasteiger partial charge in [0.25, 0.3) is 0 Å². The van der Waals surface area contributed by atoms with Crippen LogP contribution < -0.4 is 10.6 Å². The maximum absolute atomic E-state index is 11.7. The summed E-state index contributed by atoms with van der Waals surface area (Å²) in [6, 6.07) is 15.4. The molecule has 0 aliphatic rings. The SMILES string of the molecule is CCCC(O)(c1ccc2occc2c1)C(C)NCc1cc2cc(C(O)(CC)C(C)NC)ccc2o1. The molecule has 4 unspecified atom stereocenters. The fourth-order valence-electron chi connectivity index (χ4n) is 5.10. The Labute approximate surface area is 207 Å². The standard InChI is InChI=1S/C29H38N2O4/c1-6-13-29(33,24-8-10-26-21(15-24)12-14-34-26)20(4)31-18-25-17-22-16-23(9-11-27(22)35-25)28(32,7-2)19(3)30-5/h8-12,14-17,19-20,30-33H,6-7,13,18H2,1-5H3. The number of aliphatic hydroxyl groups is 2. The lowest BCUT2D eigenvalue weighted by molar-refractivity contribution is -0.00744. The highest BCUT2D eigenvalue weighted by atomic mass is 16.3. The molecular formula is C29H38N2O4. The molecule has 2 aromatic heterocycles. The van der Waals surface area contributed by atoms with Gasteiger partial charge in [0, 0.05) is 22.9 Å². The van der Waals surface area contributed by atoms with Gasteiger partial charge in [0.1, 0.15) is 28.1 Å². The Balaban J connectivity index is 1.54. The zero-order valence-corrected chi connectivity index (χ0v) is 21.4. The Morgan fingerprint density at radius 1 is 0.857 bits per heavy atom. The topological polar surface area (TPSA) is 90.8 Å². The van der Waals surface area contributed by atoms with Crippen molar-refractivity contribution in [2.24, 2.45) is 0 Å². The van der Waals surface area contributed by atoms with Crippen LogP contribution in [0.15, 0.2) is 63.6 Å². The van der Waals surface area contributed by atoms with Gasteiger partial charge in [-0.05, 0) is 81.3 Å². The molecule has 6 heteroatoms. The normalized spacial score (nSPS) is 17.3. The van der Waals surface area contributed by atoms with Crippen molar-refractivity contribution >= 4 is 21.9 Å². The monoisotopic (exact) mass is 478 g/mol. The summed E-state index contributed by atoms with van der Waals surface area (Å²) < 4.78 is 11.5. The third-order valence-corrected chi connectivity index (χ3v) is 7.64. The van der Waals surface area contributed by atoms with Crippen LogP contribution in [0.3, 0.4) is 0 Å². The number of likely N-dealkylation sites (N-methyl/N-ethyl adjacent to an activating group) is 1. The molecule has 188 valence electrons. The van der Waals surface area contributed by atoms with Crippen molar-refractivity contribution in [3.63, 3.8) is 0 Å². The Morgan fingerprint density at radius 2 is 1.54 bits per heavy atom. The molecular weight excluding hydrogens is 440 g/mol. The second-order valence-corrected chi connectivity index (χ2v) is 9.70. The second kappa shape index (κ2) is 10.2. The van der Waals surface area contributed by atoms with E-state index in [0.717, 1.165) is 45.2 Å². The number of nitrogens with one attached hydrogen (secondary N) is 2. The Morgan fingerprint density at radius 3 is 2.23 bits per heavy atom. The van der Waals surface area contributed by atoms with Crippen molar-refractivity contribution in [3.05, 3.63) is 71.7 Å². The van der Waals surface area contributed by atoms with Crippen molar-refractivity contribution in [2.75, 3.05) is 7.05 Å². The first-order valence-electron chi connectivity index (χ1n) is 12.6. The molecule has 6 nitrogen and oxygen atoms in total. The van der Waals surface area contributed by atoms with E-state index in [4.69, 9.17) is 8.83 Å². The largest absolute Gasteiger partial charge is 0.464 e. The summed E-state index contributed by atoms with van der Waals surface area (Å²) in [6.45, 7) is 8.55. The Kier molecular flexibility index (Phi) is 7.38. The van der Waals surface area contributed by atoms with Gasteiger partial charge in [-0.15, -0.1) is 0 Å². The van der Waals surface area contributed by atoms with Crippen LogP contribution in [0.5, 0.6) is 0 Å². The number of hydrogen-bond donors (Lipinski definition) is 4. The second-order valence-electron chi connectivity index (χ2n) is 9.70. The molecule has 2 heterocycles. The van der Waals surface area contributed by atoms with E-state index in [0.29, 0.717) is 19.4 Å². The smallest absolute Gasteiger partial charge is 0.134 e. The van der Waals surface area contributed by atoms with Gasteiger partial charge in [0.15, 0.2) is 0 Å². The van der Waals surface area contributed by atoms with Crippen LogP contribution in [0.25, 0.3) is 21.9 Å². The fraction of sp³-hybridized carbons (Fsp3) is 0.448. The van der Waals surface area contributed by atoms with E-state index in [1.807, 2.05) is 76.3 Å². The molecule has 2 aromatic carbocycles. The van der Waals surface area contributed by atoms with Gasteiger partial charge >= 0.3 is 0 Å². The molecule has 0 radical (unpaired) electrons. The average molecular weight is 479 g/mol. The molecule has 0 spiro atoms. The van der Waals surface area contributed by atoms with Crippen LogP contribution in [0.4, 0.5) is 0 Å². The van der Waals surface area contributed by atoms with E-state index in [1.165, 1.54) is 0 Å². The molecule has 0 bridgehead atoms. The summed E-state index contributed by atoms with van der Waals surface area (Å²) >= 11 is 0. The Bertz CT molecular complexity index is 1280. The van der Waals surface area contributed by atoms with Crippen LogP contribution in [-0.4, -0.2) is 29.3 Å². The minimum Gasteiger partial charge on any atom is -0.464 e. The highest BCUT2D eigenvalue weighted by Crippen LogP contribution is 2.34. The summed E-state index contributed by atoms with van der Waals surface area (Å²) in [4.78, 5) is 0. The third kappa shape index (κ3) is 4.76. The maximum atomic E-state index is 11.7.